The molecule has 0 spiro atoms. The van der Waals surface area contributed by atoms with Gasteiger partial charge in [-0.15, -0.1) is 0 Å². The topological polar surface area (TPSA) is 26.0 Å². The lowest BCUT2D eigenvalue weighted by molar-refractivity contribution is 0.530. The van der Waals surface area contributed by atoms with Crippen molar-refractivity contribution >= 4 is 0 Å². The summed E-state index contributed by atoms with van der Waals surface area (Å²) in [7, 11) is 0. The fourth-order valence-electron chi connectivity index (χ4n) is 2.35. The lowest BCUT2D eigenvalue weighted by Crippen LogP contribution is -2.14. The summed E-state index contributed by atoms with van der Waals surface area (Å²) in [5.74, 6) is 0.533. The normalized spacial score (nSPS) is 14.1. The van der Waals surface area contributed by atoms with Crippen molar-refractivity contribution in [2.75, 3.05) is 0 Å². The lowest BCUT2D eigenvalue weighted by Gasteiger charge is -2.20. The van der Waals surface area contributed by atoms with E-state index in [9.17, 15) is 0 Å². The molecule has 2 unspecified atom stereocenters. The van der Waals surface area contributed by atoms with Crippen LogP contribution in [0, 0.1) is 6.07 Å². The maximum Gasteiger partial charge on any atom is 0.0300 e. The summed E-state index contributed by atoms with van der Waals surface area (Å²) in [6, 6.07) is 21.8. The van der Waals surface area contributed by atoms with Gasteiger partial charge < -0.3 is 5.73 Å². The molecule has 18 heavy (non-hydrogen) atoms. The van der Waals surface area contributed by atoms with Gasteiger partial charge >= 0.3 is 0 Å². The van der Waals surface area contributed by atoms with Gasteiger partial charge in [0.1, 0.15) is 0 Å². The fraction of sp³-hybridized carbons (Fsp3) is 0.294. The van der Waals surface area contributed by atoms with Crippen molar-refractivity contribution in [1.82, 2.24) is 0 Å². The van der Waals surface area contributed by atoms with Crippen molar-refractivity contribution in [3.63, 3.8) is 0 Å². The highest BCUT2D eigenvalue weighted by Gasteiger charge is 2.14. The number of nitrogens with two attached hydrogens (primary N) is 1. The molecule has 2 aromatic rings. The van der Waals surface area contributed by atoms with Crippen molar-refractivity contribution in [2.45, 2.75) is 31.7 Å². The van der Waals surface area contributed by atoms with Crippen molar-refractivity contribution in [3.8, 4) is 0 Å². The van der Waals surface area contributed by atoms with E-state index in [1.807, 2.05) is 12.1 Å². The van der Waals surface area contributed by atoms with Crippen LogP contribution < -0.4 is 5.73 Å². The third-order valence-electron chi connectivity index (χ3n) is 3.47. The molecular weight excluding hydrogens is 218 g/mol. The number of benzene rings is 2. The quantitative estimate of drug-likeness (QED) is 0.834. The highest BCUT2D eigenvalue weighted by molar-refractivity contribution is 5.22. The Morgan fingerprint density at radius 3 is 2.28 bits per heavy atom. The molecule has 93 valence electrons. The van der Waals surface area contributed by atoms with Crippen LogP contribution in [0.3, 0.4) is 0 Å². The van der Waals surface area contributed by atoms with E-state index in [1.165, 1.54) is 11.1 Å². The summed E-state index contributed by atoms with van der Waals surface area (Å²) < 4.78 is 0. The van der Waals surface area contributed by atoms with E-state index >= 15 is 0 Å². The van der Waals surface area contributed by atoms with Gasteiger partial charge in [-0.25, -0.2) is 0 Å². The minimum absolute atomic E-state index is 0.102. The number of hydrogen-bond donors (Lipinski definition) is 1. The fourth-order valence-corrected chi connectivity index (χ4v) is 2.35. The molecule has 1 heteroatoms. The summed E-state index contributed by atoms with van der Waals surface area (Å²) >= 11 is 0. The standard InChI is InChI=1S/C17H20N/c1-2-14(15-9-5-3-6-10-15)13-17(18)16-11-7-4-8-12-16/h3,5-12,14,17H,2,13,18H2,1H3. The Balaban J connectivity index is 2.07. The second kappa shape index (κ2) is 6.36. The van der Waals surface area contributed by atoms with Gasteiger partial charge in [0.15, 0.2) is 0 Å². The van der Waals surface area contributed by atoms with Crippen LogP contribution in [-0.2, 0) is 0 Å². The SMILES string of the molecule is CCC(CC(N)c1cc[c]cc1)c1ccccc1. The second-order valence-electron chi connectivity index (χ2n) is 4.69. The van der Waals surface area contributed by atoms with Crippen LogP contribution in [0.5, 0.6) is 0 Å². The van der Waals surface area contributed by atoms with E-state index in [0.29, 0.717) is 5.92 Å². The molecular formula is C17H20N. The Kier molecular flexibility index (Phi) is 4.54. The van der Waals surface area contributed by atoms with E-state index < -0.39 is 0 Å². The van der Waals surface area contributed by atoms with Crippen molar-refractivity contribution in [1.29, 1.82) is 0 Å². The van der Waals surface area contributed by atoms with Crippen molar-refractivity contribution < 1.29 is 0 Å². The zero-order chi connectivity index (χ0) is 12.8. The van der Waals surface area contributed by atoms with Crippen LogP contribution in [0.2, 0.25) is 0 Å². The lowest BCUT2D eigenvalue weighted by atomic mass is 9.88. The molecule has 1 nitrogen and oxygen atoms in total. The molecule has 0 aromatic heterocycles. The number of hydrogen-bond acceptors (Lipinski definition) is 1. The molecule has 2 aromatic carbocycles. The Morgan fingerprint density at radius 1 is 1.00 bits per heavy atom. The molecule has 0 aliphatic rings. The molecule has 0 aliphatic heterocycles. The molecule has 2 N–H and O–H groups in total. The molecule has 2 rings (SSSR count). The Morgan fingerprint density at radius 2 is 1.67 bits per heavy atom. The molecule has 1 radical (unpaired) electrons. The highest BCUT2D eigenvalue weighted by atomic mass is 14.6. The minimum Gasteiger partial charge on any atom is -0.324 e. The molecule has 0 fully saturated rings. The van der Waals surface area contributed by atoms with Gasteiger partial charge in [-0.2, -0.15) is 0 Å². The molecule has 0 heterocycles. The van der Waals surface area contributed by atoms with Crippen LogP contribution in [0.4, 0.5) is 0 Å². The van der Waals surface area contributed by atoms with Crippen molar-refractivity contribution in [2.24, 2.45) is 5.73 Å². The summed E-state index contributed by atoms with van der Waals surface area (Å²) in [4.78, 5) is 0. The van der Waals surface area contributed by atoms with E-state index in [2.05, 4.69) is 55.5 Å². The van der Waals surface area contributed by atoms with Gasteiger partial charge in [0.2, 0.25) is 0 Å². The predicted octanol–water partition coefficient (Wildman–Crippen LogP) is 4.07. The smallest absolute Gasteiger partial charge is 0.0300 e. The van der Waals surface area contributed by atoms with Crippen LogP contribution >= 0.6 is 0 Å². The van der Waals surface area contributed by atoms with Crippen molar-refractivity contribution in [3.05, 3.63) is 71.8 Å². The highest BCUT2D eigenvalue weighted by Crippen LogP contribution is 2.29. The van der Waals surface area contributed by atoms with Crippen LogP contribution in [0.15, 0.2) is 54.6 Å². The average molecular weight is 238 g/mol. The van der Waals surface area contributed by atoms with Gasteiger partial charge in [-0.3, -0.25) is 0 Å². The van der Waals surface area contributed by atoms with E-state index in [4.69, 9.17) is 5.73 Å². The molecule has 0 bridgehead atoms. The third-order valence-corrected chi connectivity index (χ3v) is 3.47. The molecule has 0 saturated heterocycles. The van der Waals surface area contributed by atoms with Crippen LogP contribution in [-0.4, -0.2) is 0 Å². The largest absolute Gasteiger partial charge is 0.324 e. The Labute approximate surface area is 110 Å². The zero-order valence-corrected chi connectivity index (χ0v) is 10.8. The van der Waals surface area contributed by atoms with E-state index in [0.717, 1.165) is 12.8 Å². The third kappa shape index (κ3) is 3.21. The maximum absolute atomic E-state index is 6.29. The average Bonchev–Trinajstić information content (AvgIpc) is 2.46. The first-order valence-corrected chi connectivity index (χ1v) is 6.57. The van der Waals surface area contributed by atoms with Crippen LogP contribution in [0.25, 0.3) is 0 Å². The monoisotopic (exact) mass is 238 g/mol. The van der Waals surface area contributed by atoms with E-state index in [1.54, 1.807) is 0 Å². The molecule has 0 amide bonds. The minimum atomic E-state index is 0.102. The van der Waals surface area contributed by atoms with Gasteiger partial charge in [0.05, 0.1) is 0 Å². The first-order chi connectivity index (χ1) is 8.81. The van der Waals surface area contributed by atoms with Crippen LogP contribution in [0.1, 0.15) is 42.9 Å². The van der Waals surface area contributed by atoms with Gasteiger partial charge in [0.25, 0.3) is 0 Å². The summed E-state index contributed by atoms with van der Waals surface area (Å²) in [5.41, 5.74) is 8.88. The Hall–Kier alpha value is -1.60. The predicted molar refractivity (Wildman–Crippen MR) is 76.3 cm³/mol. The van der Waals surface area contributed by atoms with Gasteiger partial charge in [0, 0.05) is 6.04 Å². The maximum atomic E-state index is 6.29. The zero-order valence-electron chi connectivity index (χ0n) is 10.8. The first-order valence-electron chi connectivity index (χ1n) is 6.57. The molecule has 0 aliphatic carbocycles. The van der Waals surface area contributed by atoms with Gasteiger partial charge in [-0.05, 0) is 36.0 Å². The van der Waals surface area contributed by atoms with E-state index in [-0.39, 0.29) is 6.04 Å². The van der Waals surface area contributed by atoms with Gasteiger partial charge in [-0.1, -0.05) is 61.5 Å². The molecule has 2 atom stereocenters. The summed E-state index contributed by atoms with van der Waals surface area (Å²) in [5, 5.41) is 0. The summed E-state index contributed by atoms with van der Waals surface area (Å²) in [6.45, 7) is 2.23. The second-order valence-corrected chi connectivity index (χ2v) is 4.69. The Bertz CT molecular complexity index is 450. The number of rotatable bonds is 5. The first kappa shape index (κ1) is 12.8. The summed E-state index contributed by atoms with van der Waals surface area (Å²) in [6.07, 6.45) is 2.11. The molecule has 0 saturated carbocycles.